The lowest BCUT2D eigenvalue weighted by molar-refractivity contribution is 0.754. The molecule has 0 spiro atoms. The van der Waals surface area contributed by atoms with Gasteiger partial charge in [0.1, 0.15) is 5.65 Å². The van der Waals surface area contributed by atoms with Gasteiger partial charge in [-0.05, 0) is 13.0 Å². The fourth-order valence-electron chi connectivity index (χ4n) is 2.18. The van der Waals surface area contributed by atoms with E-state index >= 15 is 0 Å². The first kappa shape index (κ1) is 12.1. The molecule has 3 N–H and O–H groups in total. The van der Waals surface area contributed by atoms with Crippen LogP contribution in [0, 0.1) is 0 Å². The largest absolute Gasteiger partial charge is 0.349 e. The molecule has 0 bridgehead atoms. The summed E-state index contributed by atoms with van der Waals surface area (Å²) in [6, 6.07) is 1.30. The van der Waals surface area contributed by atoms with Crippen LogP contribution < -0.4 is 22.5 Å². The van der Waals surface area contributed by atoms with Gasteiger partial charge in [0.15, 0.2) is 5.82 Å². The van der Waals surface area contributed by atoms with Crippen LogP contribution in [0.3, 0.4) is 0 Å². The summed E-state index contributed by atoms with van der Waals surface area (Å²) in [6.45, 7) is 2.06. The lowest BCUT2D eigenvalue weighted by Gasteiger charge is -2.14. The van der Waals surface area contributed by atoms with E-state index in [9.17, 15) is 19.2 Å². The molecule has 0 fully saturated rings. The molecule has 1 aromatic heterocycles. The number of hydrogen-bond donors (Lipinski definition) is 3. The van der Waals surface area contributed by atoms with E-state index < -0.39 is 22.5 Å². The van der Waals surface area contributed by atoms with Crippen LogP contribution in [0.2, 0.25) is 0 Å². The summed E-state index contributed by atoms with van der Waals surface area (Å²) in [5.74, 6) is 0.120. The lowest BCUT2D eigenvalue weighted by atomic mass is 10.2. The van der Waals surface area contributed by atoms with Crippen molar-refractivity contribution in [1.82, 2.24) is 24.5 Å². The number of nitrogens with one attached hydrogen (secondary N) is 3. The second kappa shape index (κ2) is 4.02. The normalized spacial score (nSPS) is 11.2. The average Bonchev–Trinajstić information content (AvgIpc) is 2.36. The van der Waals surface area contributed by atoms with E-state index in [-0.39, 0.29) is 22.4 Å². The summed E-state index contributed by atoms with van der Waals surface area (Å²) >= 11 is 0. The number of hydrogen-bond acceptors (Lipinski definition) is 5. The van der Waals surface area contributed by atoms with Crippen molar-refractivity contribution in [3.05, 3.63) is 47.7 Å². The Morgan fingerprint density at radius 3 is 2.55 bits per heavy atom. The number of nitrogens with zero attached hydrogens (tertiary/aromatic N) is 2. The first-order valence-corrected chi connectivity index (χ1v) is 5.81. The molecule has 0 atom stereocenters. The Balaban J connectivity index is 2.72. The molecule has 9 heteroatoms. The van der Waals surface area contributed by atoms with Gasteiger partial charge in [-0.2, -0.15) is 4.98 Å². The molecule has 102 valence electrons. The molecular weight excluding hydrogens is 266 g/mol. The number of aromatic nitrogens is 5. The van der Waals surface area contributed by atoms with Crippen molar-refractivity contribution in [2.45, 2.75) is 13.5 Å². The van der Waals surface area contributed by atoms with Crippen LogP contribution in [-0.2, 0) is 6.54 Å². The zero-order chi connectivity index (χ0) is 14.4. The number of fused-ring (bicyclic) bond motifs is 2. The van der Waals surface area contributed by atoms with E-state index in [2.05, 4.69) is 15.0 Å². The third-order valence-corrected chi connectivity index (χ3v) is 3.00. The minimum absolute atomic E-state index is 0.108. The monoisotopic (exact) mass is 275 g/mol. The molecule has 1 aromatic rings. The Morgan fingerprint density at radius 2 is 1.85 bits per heavy atom. The molecule has 20 heavy (non-hydrogen) atoms. The molecule has 2 aliphatic rings. The van der Waals surface area contributed by atoms with Crippen molar-refractivity contribution < 1.29 is 0 Å². The highest BCUT2D eigenvalue weighted by Gasteiger charge is 2.17. The van der Waals surface area contributed by atoms with Gasteiger partial charge in [-0.3, -0.25) is 24.5 Å². The van der Waals surface area contributed by atoms with Gasteiger partial charge in [0, 0.05) is 6.54 Å². The van der Waals surface area contributed by atoms with Gasteiger partial charge in [0.2, 0.25) is 0 Å². The van der Waals surface area contributed by atoms with Gasteiger partial charge >= 0.3 is 11.4 Å². The summed E-state index contributed by atoms with van der Waals surface area (Å²) in [5, 5.41) is 0.143. The maximum atomic E-state index is 11.8. The van der Waals surface area contributed by atoms with E-state index in [4.69, 9.17) is 0 Å². The molecule has 0 radical (unpaired) electrons. The highest BCUT2D eigenvalue weighted by Crippen LogP contribution is 2.18. The first-order valence-electron chi connectivity index (χ1n) is 5.81. The quantitative estimate of drug-likeness (QED) is 0.469. The molecule has 0 saturated carbocycles. The van der Waals surface area contributed by atoms with Crippen LogP contribution in [-0.4, -0.2) is 24.5 Å². The third-order valence-electron chi connectivity index (χ3n) is 3.00. The second-order valence-corrected chi connectivity index (χ2v) is 4.17. The van der Waals surface area contributed by atoms with Crippen LogP contribution in [0.15, 0.2) is 25.2 Å². The van der Waals surface area contributed by atoms with Gasteiger partial charge < -0.3 is 4.57 Å². The summed E-state index contributed by atoms with van der Waals surface area (Å²) in [4.78, 5) is 56.6. The summed E-state index contributed by atoms with van der Waals surface area (Å²) in [7, 11) is 0. The lowest BCUT2D eigenvalue weighted by Crippen LogP contribution is -2.30. The molecule has 0 aromatic carbocycles. The van der Waals surface area contributed by atoms with E-state index in [1.54, 1.807) is 6.92 Å². The maximum Gasteiger partial charge on any atom is 0.349 e. The Labute approximate surface area is 109 Å². The molecule has 3 heterocycles. The Bertz CT molecular complexity index is 1010. The summed E-state index contributed by atoms with van der Waals surface area (Å²) < 4.78 is 1.44. The zero-order valence-corrected chi connectivity index (χ0v) is 10.3. The minimum atomic E-state index is -0.781. The Hall–Kier alpha value is -2.97. The topological polar surface area (TPSA) is 133 Å². The summed E-state index contributed by atoms with van der Waals surface area (Å²) in [6.07, 6.45) is 0. The highest BCUT2D eigenvalue weighted by atomic mass is 16.2. The molecule has 2 aliphatic heterocycles. The van der Waals surface area contributed by atoms with Crippen molar-refractivity contribution >= 4 is 11.0 Å². The van der Waals surface area contributed by atoms with Crippen LogP contribution in [0.25, 0.3) is 22.4 Å². The van der Waals surface area contributed by atoms with Crippen molar-refractivity contribution in [3.8, 4) is 11.4 Å². The standard InChI is InChI=1S/C11H9N5O4/c1-2-16-6-4(8(17)14-10(19)12-6)3-5-7(16)13-11(20)15-9(5)18/h3H,2H2,1H3,(H,14,17,19)(H2,13,15,18,20). The average molecular weight is 275 g/mol. The molecule has 0 unspecified atom stereocenters. The van der Waals surface area contributed by atoms with Crippen LogP contribution in [0.4, 0.5) is 0 Å². The fourth-order valence-corrected chi connectivity index (χ4v) is 2.18. The van der Waals surface area contributed by atoms with E-state index in [1.807, 2.05) is 4.98 Å². The smallest absolute Gasteiger partial charge is 0.311 e. The van der Waals surface area contributed by atoms with Crippen LogP contribution in [0.5, 0.6) is 0 Å². The maximum absolute atomic E-state index is 11.8. The number of aromatic amines is 3. The first-order chi connectivity index (χ1) is 9.51. The van der Waals surface area contributed by atoms with Gasteiger partial charge in [0.05, 0.1) is 10.9 Å². The van der Waals surface area contributed by atoms with Gasteiger partial charge in [-0.1, -0.05) is 0 Å². The molecule has 0 amide bonds. The number of pyridine rings is 1. The van der Waals surface area contributed by atoms with E-state index in [0.717, 1.165) is 0 Å². The minimum Gasteiger partial charge on any atom is -0.311 e. The predicted molar refractivity (Wildman–Crippen MR) is 70.2 cm³/mol. The highest BCUT2D eigenvalue weighted by molar-refractivity contribution is 5.81. The van der Waals surface area contributed by atoms with Gasteiger partial charge in [-0.15, -0.1) is 0 Å². The van der Waals surface area contributed by atoms with Crippen LogP contribution in [0.1, 0.15) is 6.92 Å². The molecule has 3 rings (SSSR count). The number of aryl methyl sites for hydroxylation is 1. The Morgan fingerprint density at radius 1 is 1.10 bits per heavy atom. The van der Waals surface area contributed by atoms with Gasteiger partial charge in [-0.25, -0.2) is 9.59 Å². The van der Waals surface area contributed by atoms with Gasteiger partial charge in [0.25, 0.3) is 11.1 Å². The number of H-pyrrole nitrogens is 3. The zero-order valence-electron chi connectivity index (χ0n) is 10.3. The van der Waals surface area contributed by atoms with Crippen molar-refractivity contribution in [2.24, 2.45) is 0 Å². The van der Waals surface area contributed by atoms with E-state index in [1.165, 1.54) is 10.6 Å². The fraction of sp³-hybridized carbons (Fsp3) is 0.182. The summed E-state index contributed by atoms with van der Waals surface area (Å²) in [5.41, 5.74) is -2.37. The van der Waals surface area contributed by atoms with E-state index in [0.29, 0.717) is 6.54 Å². The predicted octanol–water partition coefficient (Wildman–Crippen LogP) is -1.41. The van der Waals surface area contributed by atoms with Crippen LogP contribution >= 0.6 is 0 Å². The van der Waals surface area contributed by atoms with Crippen molar-refractivity contribution in [1.29, 1.82) is 0 Å². The molecule has 0 aliphatic carbocycles. The Kier molecular flexibility index (Phi) is 2.43. The third kappa shape index (κ3) is 1.60. The van der Waals surface area contributed by atoms with Crippen molar-refractivity contribution in [2.75, 3.05) is 0 Å². The SMILES string of the molecule is CCn1c2nc(=O)[nH]c(=O)c-2cc2c(=O)[nH]c(=O)[nH]c21. The second-order valence-electron chi connectivity index (χ2n) is 4.17. The molecular formula is C11H9N5O4. The molecule has 9 nitrogen and oxygen atoms in total. The molecule has 0 saturated heterocycles. The van der Waals surface area contributed by atoms with Crippen molar-refractivity contribution in [3.63, 3.8) is 0 Å². The number of rotatable bonds is 1.